The van der Waals surface area contributed by atoms with Crippen molar-refractivity contribution in [3.05, 3.63) is 84.9 Å². The number of rotatable bonds is 4. The number of fused-ring (bicyclic) bond motifs is 2. The number of methoxy groups -OCH3 is 2. The minimum atomic E-state index is 0. The van der Waals surface area contributed by atoms with Crippen molar-refractivity contribution in [1.29, 1.82) is 0 Å². The van der Waals surface area contributed by atoms with Crippen LogP contribution in [0.1, 0.15) is 0 Å². The smallest absolute Gasteiger partial charge is 0.231 e. The zero-order valence-corrected chi connectivity index (χ0v) is 23.2. The Balaban J connectivity index is 0.000000168. The summed E-state index contributed by atoms with van der Waals surface area (Å²) in [5.74, 6) is 2.15. The second-order valence-corrected chi connectivity index (χ2v) is 7.74. The van der Waals surface area contributed by atoms with Crippen LogP contribution in [0.5, 0.6) is 23.0 Å². The molecule has 2 heterocycles. The van der Waals surface area contributed by atoms with Crippen LogP contribution in [0.3, 0.4) is 0 Å². The molecule has 2 N–H and O–H groups in total. The topological polar surface area (TPSA) is 111 Å². The number of hydrogen-bond donors (Lipinski definition) is 2. The Morgan fingerprint density at radius 2 is 1.00 bits per heavy atom. The number of nitrogens with zero attached hydrogens (tertiary/aromatic N) is 2. The van der Waals surface area contributed by atoms with E-state index in [9.17, 15) is 10.2 Å². The molecular formula is C28H22N2O6Zn. The van der Waals surface area contributed by atoms with E-state index in [1.165, 1.54) is 12.1 Å². The van der Waals surface area contributed by atoms with E-state index in [0.29, 0.717) is 45.6 Å². The number of phenolic OH excluding ortho intramolecular Hbond substituents is 2. The number of phenols is 2. The van der Waals surface area contributed by atoms with Gasteiger partial charge in [-0.2, -0.15) is 0 Å². The first-order valence-corrected chi connectivity index (χ1v) is 11.0. The Hall–Kier alpha value is -4.36. The van der Waals surface area contributed by atoms with Crippen molar-refractivity contribution in [2.45, 2.75) is 0 Å². The van der Waals surface area contributed by atoms with Crippen LogP contribution in [0.4, 0.5) is 0 Å². The average molecular weight is 548 g/mol. The first-order valence-electron chi connectivity index (χ1n) is 11.0. The zero-order chi connectivity index (χ0) is 25.1. The SMILES string of the molecule is COc1ccc(-c2nc3ccccc3o2)c(O)c1.COc1ccc(-c2nc3ccccc3o2)c(O)c1.[Zn]. The molecule has 0 unspecified atom stereocenters. The molecule has 6 rings (SSSR count). The van der Waals surface area contributed by atoms with E-state index < -0.39 is 0 Å². The Bertz CT molecular complexity index is 1470. The van der Waals surface area contributed by atoms with Crippen LogP contribution in [-0.2, 0) is 19.5 Å². The van der Waals surface area contributed by atoms with E-state index in [2.05, 4.69) is 9.97 Å². The van der Waals surface area contributed by atoms with Crippen LogP contribution in [0.25, 0.3) is 45.1 Å². The monoisotopic (exact) mass is 546 g/mol. The van der Waals surface area contributed by atoms with Gasteiger partial charge in [0.05, 0.1) is 25.3 Å². The van der Waals surface area contributed by atoms with Crippen molar-refractivity contribution in [2.24, 2.45) is 0 Å². The third-order valence-corrected chi connectivity index (χ3v) is 5.46. The van der Waals surface area contributed by atoms with Crippen molar-refractivity contribution in [2.75, 3.05) is 14.2 Å². The third-order valence-electron chi connectivity index (χ3n) is 5.46. The summed E-state index contributed by atoms with van der Waals surface area (Å²) in [6.07, 6.45) is 0. The molecule has 0 bridgehead atoms. The molecule has 2 aromatic heterocycles. The minimum Gasteiger partial charge on any atom is -0.507 e. The molecule has 0 aliphatic rings. The predicted molar refractivity (Wildman–Crippen MR) is 135 cm³/mol. The second kappa shape index (κ2) is 11.1. The number of oxazole rings is 2. The van der Waals surface area contributed by atoms with E-state index in [0.717, 1.165) is 11.0 Å². The van der Waals surface area contributed by atoms with Gasteiger partial charge in [0.2, 0.25) is 11.8 Å². The van der Waals surface area contributed by atoms with Crippen molar-refractivity contribution in [1.82, 2.24) is 9.97 Å². The molecule has 4 aromatic carbocycles. The molecule has 0 saturated carbocycles. The molecule has 0 saturated heterocycles. The van der Waals surface area contributed by atoms with Gasteiger partial charge in [0.1, 0.15) is 34.0 Å². The Morgan fingerprint density at radius 3 is 1.35 bits per heavy atom. The maximum absolute atomic E-state index is 9.92. The van der Waals surface area contributed by atoms with Crippen molar-refractivity contribution in [3.63, 3.8) is 0 Å². The Morgan fingerprint density at radius 1 is 0.595 bits per heavy atom. The van der Waals surface area contributed by atoms with Gasteiger partial charge < -0.3 is 28.5 Å². The largest absolute Gasteiger partial charge is 0.507 e. The van der Waals surface area contributed by atoms with E-state index >= 15 is 0 Å². The molecule has 37 heavy (non-hydrogen) atoms. The summed E-state index contributed by atoms with van der Waals surface area (Å²) < 4.78 is 21.3. The molecule has 0 aliphatic carbocycles. The molecule has 0 aliphatic heterocycles. The second-order valence-electron chi connectivity index (χ2n) is 7.74. The Labute approximate surface area is 224 Å². The summed E-state index contributed by atoms with van der Waals surface area (Å²) in [6.45, 7) is 0. The fourth-order valence-corrected chi connectivity index (χ4v) is 3.61. The van der Waals surface area contributed by atoms with Gasteiger partial charge in [-0.15, -0.1) is 0 Å². The van der Waals surface area contributed by atoms with Crippen molar-refractivity contribution < 1.29 is 48.0 Å². The number of para-hydroxylation sites is 4. The van der Waals surface area contributed by atoms with E-state index in [1.54, 1.807) is 38.5 Å². The number of aromatic nitrogens is 2. The molecule has 0 radical (unpaired) electrons. The van der Waals surface area contributed by atoms with Crippen LogP contribution in [0, 0.1) is 0 Å². The summed E-state index contributed by atoms with van der Waals surface area (Å²) in [5, 5.41) is 19.8. The van der Waals surface area contributed by atoms with Gasteiger partial charge in [0, 0.05) is 31.6 Å². The average Bonchev–Trinajstić information content (AvgIpc) is 3.53. The number of benzene rings is 4. The van der Waals surface area contributed by atoms with Crippen LogP contribution in [-0.4, -0.2) is 34.4 Å². The van der Waals surface area contributed by atoms with Gasteiger partial charge in [-0.05, 0) is 48.5 Å². The molecular weight excluding hydrogens is 526 g/mol. The van der Waals surface area contributed by atoms with Crippen LogP contribution in [0.2, 0.25) is 0 Å². The van der Waals surface area contributed by atoms with Gasteiger partial charge in [0.25, 0.3) is 0 Å². The van der Waals surface area contributed by atoms with Crippen LogP contribution < -0.4 is 9.47 Å². The summed E-state index contributed by atoms with van der Waals surface area (Å²) in [4.78, 5) is 8.66. The van der Waals surface area contributed by atoms with Gasteiger partial charge in [-0.3, -0.25) is 0 Å². The summed E-state index contributed by atoms with van der Waals surface area (Å²) in [5.41, 5.74) is 4.02. The van der Waals surface area contributed by atoms with Crippen LogP contribution >= 0.6 is 0 Å². The maximum Gasteiger partial charge on any atom is 0.231 e. The van der Waals surface area contributed by atoms with Gasteiger partial charge in [-0.25, -0.2) is 9.97 Å². The van der Waals surface area contributed by atoms with Gasteiger partial charge in [0.15, 0.2) is 11.2 Å². The van der Waals surface area contributed by atoms with Crippen LogP contribution in [0.15, 0.2) is 93.8 Å². The molecule has 0 atom stereocenters. The van der Waals surface area contributed by atoms with E-state index in [4.69, 9.17) is 18.3 Å². The Kier molecular flexibility index (Phi) is 7.75. The molecule has 9 heteroatoms. The summed E-state index contributed by atoms with van der Waals surface area (Å²) >= 11 is 0. The first kappa shape index (κ1) is 25.7. The quantitative estimate of drug-likeness (QED) is 0.243. The molecule has 0 spiro atoms. The number of hydrogen-bond acceptors (Lipinski definition) is 8. The maximum atomic E-state index is 9.92. The molecule has 182 valence electrons. The molecule has 8 nitrogen and oxygen atoms in total. The molecule has 0 fully saturated rings. The first-order chi connectivity index (χ1) is 17.6. The molecule has 0 amide bonds. The van der Waals surface area contributed by atoms with E-state index in [-0.39, 0.29) is 31.0 Å². The fourth-order valence-electron chi connectivity index (χ4n) is 3.61. The standard InChI is InChI=1S/2C14H11NO3.Zn/c2*1-17-9-6-7-10(12(16)8-9)14-15-11-4-2-3-5-13(11)18-14;/h2*2-8,16H,1H3;. The summed E-state index contributed by atoms with van der Waals surface area (Å²) in [6, 6.07) is 25.0. The predicted octanol–water partition coefficient (Wildman–Crippen LogP) is 6.42. The van der Waals surface area contributed by atoms with Gasteiger partial charge in [-0.1, -0.05) is 24.3 Å². The summed E-state index contributed by atoms with van der Waals surface area (Å²) in [7, 11) is 3.10. The fraction of sp³-hybridized carbons (Fsp3) is 0.0714. The third kappa shape index (κ3) is 5.42. The van der Waals surface area contributed by atoms with Crippen molar-refractivity contribution in [3.8, 4) is 45.9 Å². The zero-order valence-electron chi connectivity index (χ0n) is 20.2. The number of aromatic hydroxyl groups is 2. The molecule has 6 aromatic rings. The van der Waals surface area contributed by atoms with E-state index in [1.807, 2.05) is 48.5 Å². The number of ether oxygens (including phenoxy) is 2. The minimum absolute atomic E-state index is 0. The normalized spacial score (nSPS) is 10.4. The van der Waals surface area contributed by atoms with Crippen molar-refractivity contribution >= 4 is 22.2 Å². The van der Waals surface area contributed by atoms with Gasteiger partial charge >= 0.3 is 0 Å².